The van der Waals surface area contributed by atoms with Gasteiger partial charge in [0.2, 0.25) is 0 Å². The van der Waals surface area contributed by atoms with Gasteiger partial charge in [-0.05, 0) is 6.08 Å². The minimum atomic E-state index is -3.33. The lowest BCUT2D eigenvalue weighted by Crippen LogP contribution is -2.47. The van der Waals surface area contributed by atoms with Crippen LogP contribution in [0, 0.1) is 0 Å². The van der Waals surface area contributed by atoms with Crippen LogP contribution in [0.2, 0.25) is 0 Å². The first-order chi connectivity index (χ1) is 5.27. The predicted octanol–water partition coefficient (Wildman–Crippen LogP) is 0.180. The lowest BCUT2D eigenvalue weighted by Gasteiger charge is -2.30. The molecule has 11 heavy (non-hydrogen) atoms. The molecule has 0 N–H and O–H groups in total. The van der Waals surface area contributed by atoms with Crippen molar-refractivity contribution >= 4 is 7.82 Å². The first-order valence-corrected chi connectivity index (χ1v) is 4.45. The van der Waals surface area contributed by atoms with Crippen molar-refractivity contribution < 1.29 is 18.4 Å². The summed E-state index contributed by atoms with van der Waals surface area (Å²) in [5, 5.41) is 3.69. The van der Waals surface area contributed by atoms with Gasteiger partial charge in [-0.15, -0.1) is 9.80 Å². The molecule has 8 heteroatoms. The van der Waals surface area contributed by atoms with E-state index in [1.54, 1.807) is 12.3 Å². The van der Waals surface area contributed by atoms with Gasteiger partial charge in [0.05, 0.1) is 6.54 Å². The van der Waals surface area contributed by atoms with Crippen LogP contribution in [0.1, 0.15) is 0 Å². The van der Waals surface area contributed by atoms with E-state index >= 15 is 0 Å². The molecule has 2 bridgehead atoms. The molecule has 60 valence electrons. The maximum absolute atomic E-state index is 11.2. The van der Waals surface area contributed by atoms with E-state index in [0.29, 0.717) is 6.54 Å². The molecule has 0 aromatic heterocycles. The van der Waals surface area contributed by atoms with Crippen LogP contribution in [-0.2, 0) is 18.4 Å². The molecule has 3 aliphatic rings. The van der Waals surface area contributed by atoms with Crippen LogP contribution < -0.4 is 0 Å². The van der Waals surface area contributed by atoms with Gasteiger partial charge >= 0.3 is 7.82 Å². The van der Waals surface area contributed by atoms with Gasteiger partial charge in [0.15, 0.2) is 0 Å². The fourth-order valence-corrected chi connectivity index (χ4v) is 2.11. The smallest absolute Gasteiger partial charge is 0.222 e. The molecule has 0 radical (unpaired) electrons. The van der Waals surface area contributed by atoms with Gasteiger partial charge in [-0.25, -0.2) is 4.57 Å². The molecule has 0 aromatic rings. The van der Waals surface area contributed by atoms with Crippen LogP contribution in [-0.4, -0.2) is 22.2 Å². The fraction of sp³-hybridized carbons (Fsp3) is 0.333. The number of nitrogens with zero attached hydrogens (tertiary/aromatic N) is 3. The van der Waals surface area contributed by atoms with Crippen molar-refractivity contribution in [2.24, 2.45) is 0 Å². The summed E-state index contributed by atoms with van der Waals surface area (Å²) in [7, 11) is -3.33. The monoisotopic (exact) mass is 177 g/mol. The normalized spacial score (nSPS) is 42.4. The van der Waals surface area contributed by atoms with Gasteiger partial charge < -0.3 is 0 Å². The molecule has 3 rings (SSSR count). The Morgan fingerprint density at radius 1 is 1.36 bits per heavy atom. The molecule has 7 nitrogen and oxygen atoms in total. The first-order valence-electron chi connectivity index (χ1n) is 2.99. The fourth-order valence-electron chi connectivity index (χ4n) is 1.00. The predicted molar refractivity (Wildman–Crippen MR) is 30.4 cm³/mol. The molecule has 3 aliphatic heterocycles. The third kappa shape index (κ3) is 0.672. The van der Waals surface area contributed by atoms with Crippen molar-refractivity contribution in [3.8, 4) is 0 Å². The van der Waals surface area contributed by atoms with Crippen molar-refractivity contribution in [2.75, 3.05) is 6.54 Å². The Labute approximate surface area is 61.7 Å². The summed E-state index contributed by atoms with van der Waals surface area (Å²) in [6.45, 7) is 0.504. The summed E-state index contributed by atoms with van der Waals surface area (Å²) in [6, 6.07) is 0. The standard InChI is InChI=1S/C3H4N3O4P/c7-11-8-4-2-1-3-5(9-11)6(4)10-11/h1-2H,3H2. The Morgan fingerprint density at radius 3 is 2.91 bits per heavy atom. The van der Waals surface area contributed by atoms with Crippen LogP contribution in [0.15, 0.2) is 12.3 Å². The number of hydrogen-bond donors (Lipinski definition) is 0. The van der Waals surface area contributed by atoms with Crippen molar-refractivity contribution in [3.63, 3.8) is 0 Å². The van der Waals surface area contributed by atoms with E-state index in [1.807, 2.05) is 0 Å². The third-order valence-electron chi connectivity index (χ3n) is 1.40. The molecule has 0 aromatic carbocycles. The summed E-state index contributed by atoms with van der Waals surface area (Å²) < 4.78 is 25.5. The second kappa shape index (κ2) is 1.66. The van der Waals surface area contributed by atoms with E-state index in [4.69, 9.17) is 13.9 Å². The lowest BCUT2D eigenvalue weighted by molar-refractivity contribution is -0.422. The summed E-state index contributed by atoms with van der Waals surface area (Å²) in [5.74, 6) is 0. The van der Waals surface area contributed by atoms with E-state index in [9.17, 15) is 4.57 Å². The highest BCUT2D eigenvalue weighted by atomic mass is 31.2. The zero-order valence-corrected chi connectivity index (χ0v) is 6.18. The first kappa shape index (κ1) is 6.13. The van der Waals surface area contributed by atoms with Gasteiger partial charge in [0.25, 0.3) is 0 Å². The van der Waals surface area contributed by atoms with E-state index < -0.39 is 7.82 Å². The second-order valence-electron chi connectivity index (χ2n) is 2.17. The highest BCUT2D eigenvalue weighted by Crippen LogP contribution is 2.63. The number of hydroxylamine groups is 2. The molecular weight excluding hydrogens is 173 g/mol. The zero-order valence-electron chi connectivity index (χ0n) is 5.28. The molecule has 3 heterocycles. The van der Waals surface area contributed by atoms with E-state index in [1.165, 1.54) is 15.6 Å². The minimum absolute atomic E-state index is 0.504. The number of hydrogen-bond acceptors (Lipinski definition) is 7. The highest BCUT2D eigenvalue weighted by Gasteiger charge is 2.57. The quantitative estimate of drug-likeness (QED) is 0.489. The van der Waals surface area contributed by atoms with Crippen LogP contribution in [0.5, 0.6) is 0 Å². The topological polar surface area (TPSA) is 54.5 Å². The van der Waals surface area contributed by atoms with Crippen LogP contribution in [0.3, 0.4) is 0 Å². The van der Waals surface area contributed by atoms with Crippen molar-refractivity contribution in [3.05, 3.63) is 12.3 Å². The van der Waals surface area contributed by atoms with Crippen molar-refractivity contribution in [2.45, 2.75) is 0 Å². The average Bonchev–Trinajstić information content (AvgIpc) is 2.37. The zero-order chi connectivity index (χ0) is 7.47. The molecule has 2 fully saturated rings. The molecule has 0 aliphatic carbocycles. The minimum Gasteiger partial charge on any atom is -0.222 e. The number of hydrazine groups is 2. The SMILES string of the molecule is O=P12ON3C=CCN(O1)N3O2. The number of fused-ring (bicyclic) bond motifs is 1. The van der Waals surface area contributed by atoms with Gasteiger partial charge in [-0.3, -0.25) is 0 Å². The molecule has 0 amide bonds. The van der Waals surface area contributed by atoms with E-state index in [0.717, 1.165) is 0 Å². The third-order valence-corrected chi connectivity index (χ3v) is 2.51. The van der Waals surface area contributed by atoms with Gasteiger partial charge in [0.1, 0.15) is 0 Å². The van der Waals surface area contributed by atoms with Crippen LogP contribution >= 0.6 is 7.82 Å². The largest absolute Gasteiger partial charge is 0.535 e. The van der Waals surface area contributed by atoms with E-state index in [2.05, 4.69) is 0 Å². The van der Waals surface area contributed by atoms with Crippen LogP contribution in [0.25, 0.3) is 0 Å². The van der Waals surface area contributed by atoms with Crippen molar-refractivity contribution in [1.29, 1.82) is 0 Å². The molecule has 0 spiro atoms. The Morgan fingerprint density at radius 2 is 2.27 bits per heavy atom. The summed E-state index contributed by atoms with van der Waals surface area (Å²) in [4.78, 5) is 0. The van der Waals surface area contributed by atoms with Crippen molar-refractivity contribution in [1.82, 2.24) is 15.6 Å². The summed E-state index contributed by atoms with van der Waals surface area (Å²) >= 11 is 0. The highest BCUT2D eigenvalue weighted by molar-refractivity contribution is 7.48. The second-order valence-corrected chi connectivity index (χ2v) is 3.55. The molecule has 1 atom stereocenters. The Bertz CT molecular complexity index is 274. The molecule has 0 saturated carbocycles. The van der Waals surface area contributed by atoms with Crippen LogP contribution in [0.4, 0.5) is 0 Å². The number of phosphoric acid groups is 1. The lowest BCUT2D eigenvalue weighted by atomic mass is 10.6. The number of rotatable bonds is 0. The van der Waals surface area contributed by atoms with Gasteiger partial charge in [-0.2, -0.15) is 9.25 Å². The molecular formula is C3H4N3O4P. The Balaban J connectivity index is 2.09. The maximum Gasteiger partial charge on any atom is 0.535 e. The molecule has 1 unspecified atom stereocenters. The molecule has 2 saturated heterocycles. The average molecular weight is 177 g/mol. The summed E-state index contributed by atoms with van der Waals surface area (Å²) in [6.07, 6.45) is 3.40. The maximum atomic E-state index is 11.2. The van der Waals surface area contributed by atoms with Gasteiger partial charge in [0, 0.05) is 11.5 Å². The Hall–Kier alpha value is -0.430. The van der Waals surface area contributed by atoms with Gasteiger partial charge in [-0.1, -0.05) is 5.17 Å². The summed E-state index contributed by atoms with van der Waals surface area (Å²) in [5.41, 5.74) is 0. The Kier molecular flexibility index (Phi) is 0.925. The van der Waals surface area contributed by atoms with E-state index in [-0.39, 0.29) is 0 Å².